The predicted molar refractivity (Wildman–Crippen MR) is 71.5 cm³/mol. The van der Waals surface area contributed by atoms with Gasteiger partial charge in [-0.2, -0.15) is 0 Å². The topological polar surface area (TPSA) is 29.5 Å². The van der Waals surface area contributed by atoms with E-state index in [9.17, 15) is 4.79 Å². The first-order chi connectivity index (χ1) is 8.63. The number of nitrogens with zero attached hydrogens (tertiary/aromatic N) is 1. The molecule has 0 amide bonds. The third-order valence-electron chi connectivity index (χ3n) is 3.24. The second-order valence-corrected chi connectivity index (χ2v) is 4.79. The Morgan fingerprint density at radius 2 is 2.17 bits per heavy atom. The standard InChI is InChI=1S/C14H16ClNO2/c1-16-8-7-10(14(17)18-2)9-13(16)11-5-3-4-6-12(11)15/h3-6,9,13H,7-8H2,1-2H3. The van der Waals surface area contributed by atoms with Gasteiger partial charge in [0, 0.05) is 17.1 Å². The summed E-state index contributed by atoms with van der Waals surface area (Å²) in [5, 5.41) is 0.719. The van der Waals surface area contributed by atoms with Crippen LogP contribution in [0.15, 0.2) is 35.9 Å². The molecule has 18 heavy (non-hydrogen) atoms. The van der Waals surface area contributed by atoms with E-state index in [0.29, 0.717) is 6.42 Å². The van der Waals surface area contributed by atoms with Crippen molar-refractivity contribution in [3.8, 4) is 0 Å². The second kappa shape index (κ2) is 5.55. The zero-order valence-electron chi connectivity index (χ0n) is 10.5. The first-order valence-corrected chi connectivity index (χ1v) is 6.25. The molecule has 1 aromatic carbocycles. The fourth-order valence-electron chi connectivity index (χ4n) is 2.18. The van der Waals surface area contributed by atoms with E-state index in [1.165, 1.54) is 7.11 Å². The van der Waals surface area contributed by atoms with Crippen LogP contribution in [0.25, 0.3) is 0 Å². The third kappa shape index (κ3) is 2.57. The summed E-state index contributed by atoms with van der Waals surface area (Å²) >= 11 is 6.21. The van der Waals surface area contributed by atoms with Gasteiger partial charge in [-0.05, 0) is 25.1 Å². The molecule has 0 aromatic heterocycles. The molecule has 0 spiro atoms. The number of carbonyl (C=O) groups excluding carboxylic acids is 1. The Bertz CT molecular complexity index is 484. The molecule has 1 atom stereocenters. The molecule has 2 rings (SSSR count). The highest BCUT2D eigenvalue weighted by Gasteiger charge is 2.25. The van der Waals surface area contributed by atoms with E-state index in [-0.39, 0.29) is 12.0 Å². The van der Waals surface area contributed by atoms with Gasteiger partial charge in [0.05, 0.1) is 13.2 Å². The van der Waals surface area contributed by atoms with Crippen LogP contribution in [0.4, 0.5) is 0 Å². The van der Waals surface area contributed by atoms with Crippen LogP contribution < -0.4 is 0 Å². The molecule has 1 aromatic rings. The maximum Gasteiger partial charge on any atom is 0.333 e. The number of carbonyl (C=O) groups is 1. The van der Waals surface area contributed by atoms with E-state index in [4.69, 9.17) is 16.3 Å². The normalized spacial score (nSPS) is 20.4. The molecule has 3 nitrogen and oxygen atoms in total. The number of esters is 1. The van der Waals surface area contributed by atoms with Gasteiger partial charge < -0.3 is 4.74 Å². The number of hydrogen-bond acceptors (Lipinski definition) is 3. The molecular weight excluding hydrogens is 250 g/mol. The summed E-state index contributed by atoms with van der Waals surface area (Å²) in [5.74, 6) is -0.250. The monoisotopic (exact) mass is 265 g/mol. The lowest BCUT2D eigenvalue weighted by molar-refractivity contribution is -0.136. The quantitative estimate of drug-likeness (QED) is 0.770. The Balaban J connectivity index is 2.36. The van der Waals surface area contributed by atoms with Crippen molar-refractivity contribution in [2.75, 3.05) is 20.7 Å². The number of methoxy groups -OCH3 is 1. The SMILES string of the molecule is COC(=O)C1=CC(c2ccccc2Cl)N(C)CC1. The van der Waals surface area contributed by atoms with E-state index < -0.39 is 0 Å². The zero-order valence-corrected chi connectivity index (χ0v) is 11.3. The molecule has 0 bridgehead atoms. The minimum absolute atomic E-state index is 0.0292. The van der Waals surface area contributed by atoms with Crippen LogP contribution in [0.5, 0.6) is 0 Å². The Kier molecular flexibility index (Phi) is 4.04. The highest BCUT2D eigenvalue weighted by Crippen LogP contribution is 2.32. The lowest BCUT2D eigenvalue weighted by Crippen LogP contribution is -2.30. The molecule has 96 valence electrons. The van der Waals surface area contributed by atoms with Gasteiger partial charge in [-0.15, -0.1) is 0 Å². The summed E-state index contributed by atoms with van der Waals surface area (Å²) in [7, 11) is 3.44. The van der Waals surface area contributed by atoms with Gasteiger partial charge >= 0.3 is 5.97 Å². The van der Waals surface area contributed by atoms with Crippen LogP contribution in [0.3, 0.4) is 0 Å². The molecular formula is C14H16ClNO2. The van der Waals surface area contributed by atoms with Gasteiger partial charge in [0.2, 0.25) is 0 Å². The molecule has 1 heterocycles. The van der Waals surface area contributed by atoms with Crippen LogP contribution in [0, 0.1) is 0 Å². The number of ether oxygens (including phenoxy) is 1. The lowest BCUT2D eigenvalue weighted by Gasteiger charge is -2.31. The highest BCUT2D eigenvalue weighted by molar-refractivity contribution is 6.31. The smallest absolute Gasteiger partial charge is 0.333 e. The summed E-state index contributed by atoms with van der Waals surface area (Å²) in [5.41, 5.74) is 1.74. The van der Waals surface area contributed by atoms with Gasteiger partial charge in [0.25, 0.3) is 0 Å². The van der Waals surface area contributed by atoms with Gasteiger partial charge in [0.15, 0.2) is 0 Å². The number of rotatable bonds is 2. The van der Waals surface area contributed by atoms with Crippen LogP contribution in [0.2, 0.25) is 5.02 Å². The molecule has 1 aliphatic rings. The summed E-state index contributed by atoms with van der Waals surface area (Å²) in [6.07, 6.45) is 2.65. The van der Waals surface area contributed by atoms with E-state index in [0.717, 1.165) is 22.7 Å². The van der Waals surface area contributed by atoms with Crippen molar-refractivity contribution in [3.63, 3.8) is 0 Å². The third-order valence-corrected chi connectivity index (χ3v) is 3.58. The first kappa shape index (κ1) is 13.1. The lowest BCUT2D eigenvalue weighted by atomic mass is 9.97. The predicted octanol–water partition coefficient (Wildman–Crippen LogP) is 2.82. The highest BCUT2D eigenvalue weighted by atomic mass is 35.5. The van der Waals surface area contributed by atoms with Crippen molar-refractivity contribution < 1.29 is 9.53 Å². The van der Waals surface area contributed by atoms with Gasteiger partial charge in [0.1, 0.15) is 0 Å². The Morgan fingerprint density at radius 1 is 1.44 bits per heavy atom. The van der Waals surface area contributed by atoms with Crippen LogP contribution in [-0.2, 0) is 9.53 Å². The van der Waals surface area contributed by atoms with Crippen LogP contribution in [0.1, 0.15) is 18.0 Å². The summed E-state index contributed by atoms with van der Waals surface area (Å²) < 4.78 is 4.78. The maximum absolute atomic E-state index is 11.6. The average Bonchev–Trinajstić information content (AvgIpc) is 2.39. The van der Waals surface area contributed by atoms with Crippen molar-refractivity contribution in [2.45, 2.75) is 12.5 Å². The van der Waals surface area contributed by atoms with E-state index in [1.807, 2.05) is 37.4 Å². The molecule has 0 radical (unpaired) electrons. The second-order valence-electron chi connectivity index (χ2n) is 4.38. The van der Waals surface area contributed by atoms with Crippen molar-refractivity contribution in [1.29, 1.82) is 0 Å². The molecule has 0 N–H and O–H groups in total. The fourth-order valence-corrected chi connectivity index (χ4v) is 2.43. The van der Waals surface area contributed by atoms with Gasteiger partial charge in [-0.3, -0.25) is 4.90 Å². The van der Waals surface area contributed by atoms with E-state index >= 15 is 0 Å². The zero-order chi connectivity index (χ0) is 13.1. The van der Waals surface area contributed by atoms with Gasteiger partial charge in [-0.1, -0.05) is 35.9 Å². The average molecular weight is 266 g/mol. The molecule has 0 saturated carbocycles. The molecule has 1 aliphatic heterocycles. The Hall–Kier alpha value is -1.32. The molecule has 1 unspecified atom stereocenters. The molecule has 4 heteroatoms. The van der Waals surface area contributed by atoms with Crippen LogP contribution in [-0.4, -0.2) is 31.6 Å². The molecule has 0 aliphatic carbocycles. The fraction of sp³-hybridized carbons (Fsp3) is 0.357. The summed E-state index contributed by atoms with van der Waals surface area (Å²) in [6.45, 7) is 0.816. The van der Waals surface area contributed by atoms with Crippen molar-refractivity contribution in [3.05, 3.63) is 46.5 Å². The molecule has 0 saturated heterocycles. The first-order valence-electron chi connectivity index (χ1n) is 5.87. The number of hydrogen-bond donors (Lipinski definition) is 0. The van der Waals surface area contributed by atoms with Gasteiger partial charge in [-0.25, -0.2) is 4.79 Å². The summed E-state index contributed by atoms with van der Waals surface area (Å²) in [6, 6.07) is 7.74. The van der Waals surface area contributed by atoms with Crippen molar-refractivity contribution in [2.24, 2.45) is 0 Å². The largest absolute Gasteiger partial charge is 0.466 e. The molecule has 0 fully saturated rings. The van der Waals surface area contributed by atoms with E-state index in [2.05, 4.69) is 4.90 Å². The Morgan fingerprint density at radius 3 is 2.83 bits per heavy atom. The van der Waals surface area contributed by atoms with Crippen molar-refractivity contribution in [1.82, 2.24) is 4.90 Å². The number of likely N-dealkylation sites (N-methyl/N-ethyl adjacent to an activating group) is 1. The van der Waals surface area contributed by atoms with E-state index in [1.54, 1.807) is 0 Å². The number of halogens is 1. The van der Waals surface area contributed by atoms with Crippen molar-refractivity contribution >= 4 is 17.6 Å². The minimum Gasteiger partial charge on any atom is -0.466 e. The minimum atomic E-state index is -0.250. The summed E-state index contributed by atoms with van der Waals surface area (Å²) in [4.78, 5) is 13.8. The van der Waals surface area contributed by atoms with Crippen LogP contribution >= 0.6 is 11.6 Å². The maximum atomic E-state index is 11.6. The Labute approximate surface area is 112 Å². The number of benzene rings is 1.